The Hall–Kier alpha value is -1.95. The summed E-state index contributed by atoms with van der Waals surface area (Å²) in [5.74, 6) is -1.81. The van der Waals surface area contributed by atoms with Gasteiger partial charge in [-0.1, -0.05) is 15.9 Å². The molecule has 2 rings (SSSR count). The predicted octanol–water partition coefficient (Wildman–Crippen LogP) is 4.17. The summed E-state index contributed by atoms with van der Waals surface area (Å²) in [5.41, 5.74) is 0.865. The number of nitrogens with one attached hydrogen (secondary N) is 2. The van der Waals surface area contributed by atoms with Gasteiger partial charge in [0.05, 0.1) is 5.69 Å². The van der Waals surface area contributed by atoms with Crippen molar-refractivity contribution in [3.63, 3.8) is 0 Å². The Morgan fingerprint density at radius 2 is 1.81 bits per heavy atom. The van der Waals surface area contributed by atoms with Gasteiger partial charge in [-0.3, -0.25) is 4.79 Å². The van der Waals surface area contributed by atoms with E-state index in [0.29, 0.717) is 6.54 Å². The first-order valence-corrected chi connectivity index (χ1v) is 7.08. The van der Waals surface area contributed by atoms with Crippen molar-refractivity contribution in [3.8, 4) is 0 Å². The topological polar surface area (TPSA) is 41.1 Å². The van der Waals surface area contributed by atoms with Gasteiger partial charge in [-0.15, -0.1) is 0 Å². The van der Waals surface area contributed by atoms with Crippen LogP contribution < -0.4 is 10.6 Å². The molecule has 0 spiro atoms. The van der Waals surface area contributed by atoms with Gasteiger partial charge in [-0.2, -0.15) is 0 Å². The fraction of sp³-hybridized carbons (Fsp3) is 0.133. The van der Waals surface area contributed by atoms with Gasteiger partial charge in [0, 0.05) is 29.2 Å². The third-order valence-electron chi connectivity index (χ3n) is 2.73. The van der Waals surface area contributed by atoms with Gasteiger partial charge in [-0.25, -0.2) is 8.78 Å². The Morgan fingerprint density at radius 1 is 1.10 bits per heavy atom. The highest BCUT2D eigenvalue weighted by Crippen LogP contribution is 2.16. The van der Waals surface area contributed by atoms with Crippen LogP contribution in [0.2, 0.25) is 0 Å². The van der Waals surface area contributed by atoms with Gasteiger partial charge >= 0.3 is 0 Å². The van der Waals surface area contributed by atoms with Crippen LogP contribution in [0.25, 0.3) is 0 Å². The van der Waals surface area contributed by atoms with Crippen LogP contribution in [0.15, 0.2) is 46.9 Å². The average molecular weight is 355 g/mol. The molecule has 0 aliphatic carbocycles. The van der Waals surface area contributed by atoms with Gasteiger partial charge in [0.25, 0.3) is 0 Å². The molecule has 0 saturated carbocycles. The lowest BCUT2D eigenvalue weighted by Gasteiger charge is -2.08. The molecular formula is C15H13BrF2N2O. The normalized spacial score (nSPS) is 10.2. The van der Waals surface area contributed by atoms with Crippen molar-refractivity contribution < 1.29 is 13.6 Å². The number of rotatable bonds is 5. The second kappa shape index (κ2) is 7.17. The molecule has 0 saturated heterocycles. The van der Waals surface area contributed by atoms with Crippen molar-refractivity contribution in [1.29, 1.82) is 0 Å². The molecule has 3 nitrogen and oxygen atoms in total. The van der Waals surface area contributed by atoms with Crippen LogP contribution in [0.5, 0.6) is 0 Å². The third kappa shape index (κ3) is 4.82. The van der Waals surface area contributed by atoms with Crippen LogP contribution in [0.1, 0.15) is 6.42 Å². The first kappa shape index (κ1) is 15.4. The number of amides is 1. The fourth-order valence-electron chi connectivity index (χ4n) is 1.69. The number of benzene rings is 2. The smallest absolute Gasteiger partial charge is 0.226 e. The Morgan fingerprint density at radius 3 is 2.48 bits per heavy atom. The quantitative estimate of drug-likeness (QED) is 0.845. The molecule has 1 amide bonds. The van der Waals surface area contributed by atoms with Gasteiger partial charge in [-0.05, 0) is 36.4 Å². The molecule has 0 heterocycles. The molecule has 0 atom stereocenters. The number of carbonyl (C=O) groups excluding carboxylic acids is 1. The summed E-state index contributed by atoms with van der Waals surface area (Å²) < 4.78 is 27.1. The minimum Gasteiger partial charge on any atom is -0.385 e. The highest BCUT2D eigenvalue weighted by molar-refractivity contribution is 9.10. The molecule has 0 aliphatic rings. The molecule has 2 aromatic carbocycles. The third-order valence-corrected chi connectivity index (χ3v) is 3.26. The highest BCUT2D eigenvalue weighted by Gasteiger charge is 2.07. The van der Waals surface area contributed by atoms with E-state index < -0.39 is 11.6 Å². The predicted molar refractivity (Wildman–Crippen MR) is 82.2 cm³/mol. The number of carbonyl (C=O) groups is 1. The van der Waals surface area contributed by atoms with Crippen molar-refractivity contribution in [1.82, 2.24) is 0 Å². The molecule has 2 N–H and O–H groups in total. The van der Waals surface area contributed by atoms with E-state index in [4.69, 9.17) is 0 Å². The van der Waals surface area contributed by atoms with Crippen molar-refractivity contribution >= 4 is 33.2 Å². The van der Waals surface area contributed by atoms with Crippen LogP contribution in [0.4, 0.5) is 20.2 Å². The summed E-state index contributed by atoms with van der Waals surface area (Å²) >= 11 is 3.33. The minimum atomic E-state index is -0.788. The number of hydrogen-bond donors (Lipinski definition) is 2. The second-order valence-electron chi connectivity index (χ2n) is 4.36. The van der Waals surface area contributed by atoms with Crippen LogP contribution >= 0.6 is 15.9 Å². The molecule has 0 unspecified atom stereocenters. The largest absolute Gasteiger partial charge is 0.385 e. The van der Waals surface area contributed by atoms with Gasteiger partial charge < -0.3 is 10.6 Å². The van der Waals surface area contributed by atoms with Crippen molar-refractivity contribution in [2.75, 3.05) is 17.2 Å². The molecule has 0 aromatic heterocycles. The number of anilines is 2. The number of hydrogen-bond acceptors (Lipinski definition) is 2. The maximum Gasteiger partial charge on any atom is 0.226 e. The van der Waals surface area contributed by atoms with Gasteiger partial charge in [0.15, 0.2) is 0 Å². The molecule has 21 heavy (non-hydrogen) atoms. The molecule has 6 heteroatoms. The Labute approximate surface area is 129 Å². The Bertz CT molecular complexity index is 632. The van der Waals surface area contributed by atoms with Crippen molar-refractivity contribution in [2.24, 2.45) is 0 Å². The first-order chi connectivity index (χ1) is 10.0. The van der Waals surface area contributed by atoms with E-state index in [1.807, 2.05) is 24.3 Å². The second-order valence-corrected chi connectivity index (χ2v) is 5.27. The summed E-state index contributed by atoms with van der Waals surface area (Å²) in [7, 11) is 0. The fourth-order valence-corrected chi connectivity index (χ4v) is 1.96. The lowest BCUT2D eigenvalue weighted by molar-refractivity contribution is -0.116. The molecule has 2 aromatic rings. The van der Waals surface area contributed by atoms with Crippen LogP contribution in [0.3, 0.4) is 0 Å². The van der Waals surface area contributed by atoms with Crippen LogP contribution in [-0.4, -0.2) is 12.5 Å². The minimum absolute atomic E-state index is 0.0231. The molecule has 0 bridgehead atoms. The van der Waals surface area contributed by atoms with E-state index in [-0.39, 0.29) is 18.0 Å². The number of halogens is 3. The van der Waals surface area contributed by atoms with Crippen LogP contribution in [-0.2, 0) is 4.79 Å². The standard InChI is InChI=1S/C15H13BrF2N2O/c16-10-1-4-12(5-2-10)19-8-7-15(21)20-14-6-3-11(17)9-13(14)18/h1-6,9,19H,7-8H2,(H,20,21). The molecular weight excluding hydrogens is 342 g/mol. The molecule has 0 aliphatic heterocycles. The molecule has 110 valence electrons. The Balaban J connectivity index is 1.81. The van der Waals surface area contributed by atoms with E-state index in [1.54, 1.807) is 0 Å². The van der Waals surface area contributed by atoms with E-state index in [9.17, 15) is 13.6 Å². The molecule has 0 fully saturated rings. The lowest BCUT2D eigenvalue weighted by Crippen LogP contribution is -2.17. The van der Waals surface area contributed by atoms with E-state index in [0.717, 1.165) is 22.3 Å². The maximum absolute atomic E-state index is 13.4. The maximum atomic E-state index is 13.4. The zero-order chi connectivity index (χ0) is 15.2. The monoisotopic (exact) mass is 354 g/mol. The summed E-state index contributed by atoms with van der Waals surface area (Å²) in [6, 6.07) is 10.6. The summed E-state index contributed by atoms with van der Waals surface area (Å²) in [5, 5.41) is 5.48. The summed E-state index contributed by atoms with van der Waals surface area (Å²) in [6.07, 6.45) is 0.173. The van der Waals surface area contributed by atoms with E-state index in [1.165, 1.54) is 6.07 Å². The first-order valence-electron chi connectivity index (χ1n) is 6.29. The molecule has 0 radical (unpaired) electrons. The van der Waals surface area contributed by atoms with E-state index >= 15 is 0 Å². The highest BCUT2D eigenvalue weighted by atomic mass is 79.9. The van der Waals surface area contributed by atoms with E-state index in [2.05, 4.69) is 26.6 Å². The Kier molecular flexibility index (Phi) is 5.27. The average Bonchev–Trinajstić information content (AvgIpc) is 2.44. The summed E-state index contributed by atoms with van der Waals surface area (Å²) in [6.45, 7) is 0.413. The van der Waals surface area contributed by atoms with Gasteiger partial charge in [0.1, 0.15) is 11.6 Å². The SMILES string of the molecule is O=C(CCNc1ccc(Br)cc1)Nc1ccc(F)cc1F. The zero-order valence-corrected chi connectivity index (χ0v) is 12.6. The van der Waals surface area contributed by atoms with Crippen LogP contribution in [0, 0.1) is 11.6 Å². The zero-order valence-electron chi connectivity index (χ0n) is 11.0. The summed E-state index contributed by atoms with van der Waals surface area (Å²) in [4.78, 5) is 11.7. The van der Waals surface area contributed by atoms with Crippen molar-refractivity contribution in [3.05, 3.63) is 58.6 Å². The van der Waals surface area contributed by atoms with Crippen molar-refractivity contribution in [2.45, 2.75) is 6.42 Å². The van der Waals surface area contributed by atoms with Gasteiger partial charge in [0.2, 0.25) is 5.91 Å². The lowest BCUT2D eigenvalue weighted by atomic mass is 10.2.